The van der Waals surface area contributed by atoms with Crippen molar-refractivity contribution in [1.82, 2.24) is 9.97 Å². The monoisotopic (exact) mass is 373 g/mol. The third-order valence-electron chi connectivity index (χ3n) is 2.62. The first-order valence-electron chi connectivity index (χ1n) is 9.47. The van der Waals surface area contributed by atoms with Gasteiger partial charge in [0, 0.05) is 0 Å². The quantitative estimate of drug-likeness (QED) is 0.526. The molecule has 5 heteroatoms. The highest BCUT2D eigenvalue weighted by molar-refractivity contribution is 5.60. The minimum atomic E-state index is 0.304. The fraction of sp³-hybridized carbons (Fsp3) is 0.364. The molecule has 2 heterocycles. The van der Waals surface area contributed by atoms with Gasteiger partial charge < -0.3 is 8.83 Å². The van der Waals surface area contributed by atoms with Crippen LogP contribution >= 0.6 is 0 Å². The van der Waals surface area contributed by atoms with E-state index in [9.17, 15) is 0 Å². The lowest BCUT2D eigenvalue weighted by Crippen LogP contribution is -1.90. The Bertz CT molecular complexity index is 707. The standard InChI is InChI=1S/C16H17N3O2.3C2H6/c1-5-8-10-13-11(4)17-15(20-13)19-16-18-12(7-3)14(21-16)9-6-2;3*1-2/h5-10H,1,3H2,2,4H3,(H,17,18,19);3*1-2H3/b9-6-,10-8-;;;. The summed E-state index contributed by atoms with van der Waals surface area (Å²) in [5.74, 6) is 1.28. The molecule has 0 atom stereocenters. The van der Waals surface area contributed by atoms with Gasteiger partial charge >= 0.3 is 12.0 Å². The highest BCUT2D eigenvalue weighted by atomic mass is 16.4. The van der Waals surface area contributed by atoms with Crippen molar-refractivity contribution in [3.63, 3.8) is 0 Å². The summed E-state index contributed by atoms with van der Waals surface area (Å²) in [5, 5.41) is 2.90. The lowest BCUT2D eigenvalue weighted by molar-refractivity contribution is 0.539. The highest BCUT2D eigenvalue weighted by Crippen LogP contribution is 2.23. The predicted molar refractivity (Wildman–Crippen MR) is 119 cm³/mol. The van der Waals surface area contributed by atoms with Gasteiger partial charge in [-0.3, -0.25) is 5.32 Å². The second-order valence-corrected chi connectivity index (χ2v) is 4.16. The summed E-state index contributed by atoms with van der Waals surface area (Å²) in [7, 11) is 0. The average Bonchev–Trinajstić information content (AvgIpc) is 3.27. The molecule has 1 N–H and O–H groups in total. The lowest BCUT2D eigenvalue weighted by Gasteiger charge is -1.93. The molecule has 0 aliphatic heterocycles. The van der Waals surface area contributed by atoms with Crippen LogP contribution in [0.15, 0.2) is 40.2 Å². The number of aromatic nitrogens is 2. The zero-order valence-corrected chi connectivity index (χ0v) is 18.1. The van der Waals surface area contributed by atoms with Gasteiger partial charge in [0.15, 0.2) is 11.5 Å². The normalized spacial score (nSPS) is 9.48. The van der Waals surface area contributed by atoms with Crippen LogP contribution in [0.3, 0.4) is 0 Å². The van der Waals surface area contributed by atoms with Gasteiger partial charge in [-0.1, -0.05) is 72.9 Å². The van der Waals surface area contributed by atoms with Crippen LogP contribution in [0.25, 0.3) is 18.2 Å². The van der Waals surface area contributed by atoms with Crippen molar-refractivity contribution in [3.05, 3.63) is 54.3 Å². The summed E-state index contributed by atoms with van der Waals surface area (Å²) in [6.07, 6.45) is 10.5. The van der Waals surface area contributed by atoms with E-state index in [-0.39, 0.29) is 0 Å². The molecule has 27 heavy (non-hydrogen) atoms. The van der Waals surface area contributed by atoms with Gasteiger partial charge in [-0.05, 0) is 32.1 Å². The minimum absolute atomic E-state index is 0.304. The molecule has 2 aromatic rings. The first-order valence-corrected chi connectivity index (χ1v) is 9.47. The number of nitrogens with one attached hydrogen (secondary N) is 1. The number of rotatable bonds is 6. The van der Waals surface area contributed by atoms with Crippen molar-refractivity contribution in [2.45, 2.75) is 55.4 Å². The van der Waals surface area contributed by atoms with Crippen LogP contribution < -0.4 is 5.32 Å². The minimum Gasteiger partial charge on any atom is -0.424 e. The van der Waals surface area contributed by atoms with E-state index in [4.69, 9.17) is 8.83 Å². The summed E-state index contributed by atoms with van der Waals surface area (Å²) in [6, 6.07) is 0.624. The Hall–Kier alpha value is -2.82. The number of hydrogen-bond donors (Lipinski definition) is 1. The Morgan fingerprint density at radius 3 is 1.93 bits per heavy atom. The van der Waals surface area contributed by atoms with E-state index in [2.05, 4.69) is 28.4 Å². The predicted octanol–water partition coefficient (Wildman–Crippen LogP) is 7.67. The molecule has 0 bridgehead atoms. The largest absolute Gasteiger partial charge is 0.424 e. The van der Waals surface area contributed by atoms with Crippen molar-refractivity contribution in [2.75, 3.05) is 5.32 Å². The third kappa shape index (κ3) is 8.90. The van der Waals surface area contributed by atoms with Gasteiger partial charge in [-0.2, -0.15) is 9.97 Å². The molecule has 0 aliphatic carbocycles. The molecule has 2 rings (SSSR count). The fourth-order valence-electron chi connectivity index (χ4n) is 1.68. The van der Waals surface area contributed by atoms with Crippen molar-refractivity contribution in [2.24, 2.45) is 0 Å². The highest BCUT2D eigenvalue weighted by Gasteiger charge is 2.12. The van der Waals surface area contributed by atoms with E-state index in [1.165, 1.54) is 0 Å². The second kappa shape index (κ2) is 16.6. The topological polar surface area (TPSA) is 64.1 Å². The molecule has 2 aromatic heterocycles. The number of aryl methyl sites for hydroxylation is 1. The van der Waals surface area contributed by atoms with Gasteiger partial charge in [0.1, 0.15) is 5.69 Å². The number of nitrogens with zero attached hydrogens (tertiary/aromatic N) is 2. The summed E-state index contributed by atoms with van der Waals surface area (Å²) in [6.45, 7) is 23.1. The van der Waals surface area contributed by atoms with E-state index in [1.54, 1.807) is 24.3 Å². The van der Waals surface area contributed by atoms with E-state index in [0.29, 0.717) is 29.2 Å². The molecule has 150 valence electrons. The molecule has 5 nitrogen and oxygen atoms in total. The molecular weight excluding hydrogens is 338 g/mol. The number of allylic oxidation sites excluding steroid dienone is 3. The molecule has 0 spiro atoms. The molecule has 0 aliphatic rings. The fourth-order valence-corrected chi connectivity index (χ4v) is 1.68. The van der Waals surface area contributed by atoms with Gasteiger partial charge in [0.05, 0.1) is 5.69 Å². The summed E-state index contributed by atoms with van der Waals surface area (Å²) in [4.78, 5) is 8.52. The van der Waals surface area contributed by atoms with Crippen LogP contribution in [0.4, 0.5) is 12.0 Å². The van der Waals surface area contributed by atoms with Crippen molar-refractivity contribution in [3.8, 4) is 0 Å². The molecule has 0 unspecified atom stereocenters. The molecular formula is C22H35N3O2. The SMILES string of the molecule is C=C/C=C\c1oc(Nc2nc(C=C)c(/C=C\C)o2)nc1C.CC.CC.CC. The Morgan fingerprint density at radius 1 is 0.852 bits per heavy atom. The van der Waals surface area contributed by atoms with Crippen LogP contribution in [-0.4, -0.2) is 9.97 Å². The molecule has 0 saturated carbocycles. The molecule has 0 radical (unpaired) electrons. The maximum absolute atomic E-state index is 5.57. The Balaban J connectivity index is 0. The molecule has 0 aromatic carbocycles. The molecule has 0 fully saturated rings. The zero-order valence-electron chi connectivity index (χ0n) is 18.1. The molecule has 0 amide bonds. The van der Waals surface area contributed by atoms with Crippen LogP contribution in [0.5, 0.6) is 0 Å². The van der Waals surface area contributed by atoms with E-state index in [0.717, 1.165) is 5.69 Å². The number of hydrogen-bond acceptors (Lipinski definition) is 5. The van der Waals surface area contributed by atoms with Crippen molar-refractivity contribution in [1.29, 1.82) is 0 Å². The van der Waals surface area contributed by atoms with E-state index < -0.39 is 0 Å². The summed E-state index contributed by atoms with van der Waals surface area (Å²) >= 11 is 0. The van der Waals surface area contributed by atoms with Gasteiger partial charge in [-0.25, -0.2) is 0 Å². The van der Waals surface area contributed by atoms with Crippen molar-refractivity contribution >= 4 is 30.3 Å². The zero-order chi connectivity index (χ0) is 21.2. The van der Waals surface area contributed by atoms with Crippen LogP contribution in [0.1, 0.15) is 71.4 Å². The average molecular weight is 374 g/mol. The number of anilines is 2. The number of oxazole rings is 2. The van der Waals surface area contributed by atoms with Crippen molar-refractivity contribution < 1.29 is 8.83 Å². The third-order valence-corrected chi connectivity index (χ3v) is 2.62. The first kappa shape index (κ1) is 26.4. The second-order valence-electron chi connectivity index (χ2n) is 4.16. The van der Waals surface area contributed by atoms with E-state index >= 15 is 0 Å². The maximum atomic E-state index is 5.57. The van der Waals surface area contributed by atoms with Gasteiger partial charge in [-0.15, -0.1) is 0 Å². The van der Waals surface area contributed by atoms with Gasteiger partial charge in [0.2, 0.25) is 0 Å². The Kier molecular flexibility index (Phi) is 16.3. The maximum Gasteiger partial charge on any atom is 0.303 e. The Morgan fingerprint density at radius 2 is 1.41 bits per heavy atom. The van der Waals surface area contributed by atoms with Gasteiger partial charge in [0.25, 0.3) is 0 Å². The van der Waals surface area contributed by atoms with Crippen LogP contribution in [0.2, 0.25) is 0 Å². The summed E-state index contributed by atoms with van der Waals surface area (Å²) < 4.78 is 11.1. The van der Waals surface area contributed by atoms with Crippen LogP contribution in [-0.2, 0) is 0 Å². The van der Waals surface area contributed by atoms with E-state index in [1.807, 2.05) is 67.5 Å². The van der Waals surface area contributed by atoms with Crippen LogP contribution in [0, 0.1) is 6.92 Å². The molecule has 0 saturated heterocycles. The first-order chi connectivity index (χ1) is 13.2. The summed E-state index contributed by atoms with van der Waals surface area (Å²) in [5.41, 5.74) is 1.42. The Labute approximate surface area is 164 Å². The lowest BCUT2D eigenvalue weighted by atomic mass is 10.3. The smallest absolute Gasteiger partial charge is 0.303 e.